The summed E-state index contributed by atoms with van der Waals surface area (Å²) in [6.45, 7) is 8.19. The highest BCUT2D eigenvalue weighted by atomic mass is 16.2. The SMILES string of the molecule is CC(C)(C)C=Cc1cc(C(=O)N2CCCC2)ccn1. The summed E-state index contributed by atoms with van der Waals surface area (Å²) in [7, 11) is 0. The number of rotatable bonds is 2. The van der Waals surface area contributed by atoms with Crippen LogP contribution in [0.5, 0.6) is 0 Å². The van der Waals surface area contributed by atoms with E-state index in [1.165, 1.54) is 0 Å². The van der Waals surface area contributed by atoms with Crippen LogP contribution in [0, 0.1) is 5.41 Å². The molecule has 2 rings (SSSR count). The van der Waals surface area contributed by atoms with Crippen LogP contribution in [0.4, 0.5) is 0 Å². The van der Waals surface area contributed by atoms with Gasteiger partial charge in [0.15, 0.2) is 0 Å². The predicted octanol–water partition coefficient (Wildman–Crippen LogP) is 3.38. The number of nitrogens with zero attached hydrogens (tertiary/aromatic N) is 2. The van der Waals surface area contributed by atoms with Crippen molar-refractivity contribution < 1.29 is 4.79 Å². The third-order valence-corrected chi connectivity index (χ3v) is 3.18. The van der Waals surface area contributed by atoms with Crippen molar-refractivity contribution >= 4 is 12.0 Å². The van der Waals surface area contributed by atoms with Gasteiger partial charge in [0, 0.05) is 24.8 Å². The Morgan fingerprint density at radius 3 is 2.63 bits per heavy atom. The monoisotopic (exact) mass is 258 g/mol. The van der Waals surface area contributed by atoms with Crippen molar-refractivity contribution in [1.29, 1.82) is 0 Å². The molecule has 102 valence electrons. The fourth-order valence-corrected chi connectivity index (χ4v) is 2.11. The van der Waals surface area contributed by atoms with Crippen molar-refractivity contribution in [2.24, 2.45) is 5.41 Å². The molecule has 1 aromatic rings. The molecule has 0 spiro atoms. The number of allylic oxidation sites excluding steroid dienone is 1. The summed E-state index contributed by atoms with van der Waals surface area (Å²) in [5.41, 5.74) is 1.71. The zero-order valence-electron chi connectivity index (χ0n) is 12.0. The molecule has 0 N–H and O–H groups in total. The van der Waals surface area contributed by atoms with Crippen LogP contribution in [0.3, 0.4) is 0 Å². The van der Waals surface area contributed by atoms with Crippen molar-refractivity contribution in [2.45, 2.75) is 33.6 Å². The lowest BCUT2D eigenvalue weighted by Crippen LogP contribution is -2.27. The molecule has 1 amide bonds. The summed E-state index contributed by atoms with van der Waals surface area (Å²) in [6.07, 6.45) is 8.05. The van der Waals surface area contributed by atoms with Crippen molar-refractivity contribution in [3.8, 4) is 0 Å². The Labute approximate surface area is 115 Å². The first-order valence-corrected chi connectivity index (χ1v) is 6.90. The maximum Gasteiger partial charge on any atom is 0.253 e. The molecule has 1 fully saturated rings. The largest absolute Gasteiger partial charge is 0.339 e. The molecule has 3 nitrogen and oxygen atoms in total. The molecule has 0 aliphatic carbocycles. The summed E-state index contributed by atoms with van der Waals surface area (Å²) < 4.78 is 0. The Kier molecular flexibility index (Phi) is 4.03. The van der Waals surface area contributed by atoms with Crippen LogP contribution >= 0.6 is 0 Å². The average Bonchev–Trinajstić information content (AvgIpc) is 2.89. The van der Waals surface area contributed by atoms with Gasteiger partial charge in [0.05, 0.1) is 5.69 Å². The standard InChI is InChI=1S/C16H22N2O/c1-16(2,3)8-6-14-12-13(7-9-17-14)15(19)18-10-4-5-11-18/h6-9,12H,4-5,10-11H2,1-3H3. The molecular weight excluding hydrogens is 236 g/mol. The van der Waals surface area contributed by atoms with Crippen molar-refractivity contribution in [3.05, 3.63) is 35.7 Å². The molecule has 2 heterocycles. The third kappa shape index (κ3) is 3.91. The van der Waals surface area contributed by atoms with Crippen molar-refractivity contribution in [2.75, 3.05) is 13.1 Å². The molecule has 3 heteroatoms. The van der Waals surface area contributed by atoms with E-state index in [1.54, 1.807) is 12.3 Å². The number of amides is 1. The number of carbonyl (C=O) groups is 1. The second-order valence-electron chi connectivity index (χ2n) is 6.17. The van der Waals surface area contributed by atoms with Crippen molar-refractivity contribution in [1.82, 2.24) is 9.88 Å². The molecule has 0 bridgehead atoms. The van der Waals surface area contributed by atoms with Crippen LogP contribution in [-0.4, -0.2) is 28.9 Å². The highest BCUT2D eigenvalue weighted by Crippen LogP contribution is 2.18. The Morgan fingerprint density at radius 2 is 2.00 bits per heavy atom. The first-order valence-electron chi connectivity index (χ1n) is 6.90. The summed E-state index contributed by atoms with van der Waals surface area (Å²) in [5.74, 6) is 0.130. The Hall–Kier alpha value is -1.64. The molecule has 1 aromatic heterocycles. The molecule has 1 aliphatic rings. The Bertz CT molecular complexity index is 480. The number of carbonyl (C=O) groups excluding carboxylic acids is 1. The highest BCUT2D eigenvalue weighted by molar-refractivity contribution is 5.94. The van der Waals surface area contributed by atoms with E-state index < -0.39 is 0 Å². The normalized spacial score (nSPS) is 16.3. The second kappa shape index (κ2) is 5.55. The number of aromatic nitrogens is 1. The smallest absolute Gasteiger partial charge is 0.253 e. The molecule has 0 aromatic carbocycles. The van der Waals surface area contributed by atoms with Crippen LogP contribution in [0.25, 0.3) is 6.08 Å². The van der Waals surface area contributed by atoms with Gasteiger partial charge >= 0.3 is 0 Å². The summed E-state index contributed by atoms with van der Waals surface area (Å²) in [6, 6.07) is 3.68. The van der Waals surface area contributed by atoms with E-state index in [4.69, 9.17) is 0 Å². The molecule has 0 radical (unpaired) electrons. The first kappa shape index (κ1) is 13.8. The van der Waals surface area contributed by atoms with Gasteiger partial charge in [-0.3, -0.25) is 9.78 Å². The van der Waals surface area contributed by atoms with Gasteiger partial charge in [-0.15, -0.1) is 0 Å². The van der Waals surface area contributed by atoms with Gasteiger partial charge in [-0.05, 0) is 36.5 Å². The van der Waals surface area contributed by atoms with Gasteiger partial charge in [0.25, 0.3) is 5.91 Å². The van der Waals surface area contributed by atoms with E-state index in [0.29, 0.717) is 0 Å². The van der Waals surface area contributed by atoms with Crippen LogP contribution in [0.1, 0.15) is 49.7 Å². The molecule has 19 heavy (non-hydrogen) atoms. The topological polar surface area (TPSA) is 33.2 Å². The minimum atomic E-state index is 0.122. The van der Waals surface area contributed by atoms with Crippen LogP contribution in [0.2, 0.25) is 0 Å². The lowest BCUT2D eigenvalue weighted by Gasteiger charge is -2.15. The Balaban J connectivity index is 2.15. The van der Waals surface area contributed by atoms with E-state index in [1.807, 2.05) is 17.0 Å². The number of hydrogen-bond donors (Lipinski definition) is 0. The number of hydrogen-bond acceptors (Lipinski definition) is 2. The Morgan fingerprint density at radius 1 is 1.32 bits per heavy atom. The van der Waals surface area contributed by atoms with Crippen LogP contribution < -0.4 is 0 Å². The molecule has 1 saturated heterocycles. The second-order valence-corrected chi connectivity index (χ2v) is 6.17. The molecule has 0 atom stereocenters. The summed E-state index contributed by atoms with van der Waals surface area (Å²) in [5, 5.41) is 0. The maximum atomic E-state index is 12.3. The van der Waals surface area contributed by atoms with E-state index >= 15 is 0 Å². The van der Waals surface area contributed by atoms with Crippen molar-refractivity contribution in [3.63, 3.8) is 0 Å². The highest BCUT2D eigenvalue weighted by Gasteiger charge is 2.19. The zero-order chi connectivity index (χ0) is 13.9. The average molecular weight is 258 g/mol. The van der Waals surface area contributed by atoms with E-state index in [-0.39, 0.29) is 11.3 Å². The van der Waals surface area contributed by atoms with Gasteiger partial charge < -0.3 is 4.90 Å². The van der Waals surface area contributed by atoms with Gasteiger partial charge in [-0.25, -0.2) is 0 Å². The van der Waals surface area contributed by atoms with Gasteiger partial charge in [-0.1, -0.05) is 26.8 Å². The first-order chi connectivity index (χ1) is 8.96. The lowest BCUT2D eigenvalue weighted by atomic mass is 9.96. The number of pyridine rings is 1. The minimum Gasteiger partial charge on any atom is -0.339 e. The van der Waals surface area contributed by atoms with E-state index in [9.17, 15) is 4.79 Å². The zero-order valence-corrected chi connectivity index (χ0v) is 12.0. The number of likely N-dealkylation sites (tertiary alicyclic amines) is 1. The summed E-state index contributed by atoms with van der Waals surface area (Å²) in [4.78, 5) is 18.5. The quantitative estimate of drug-likeness (QED) is 0.814. The van der Waals surface area contributed by atoms with Gasteiger partial charge in [0.1, 0.15) is 0 Å². The van der Waals surface area contributed by atoms with E-state index in [2.05, 4.69) is 31.8 Å². The predicted molar refractivity (Wildman–Crippen MR) is 77.9 cm³/mol. The lowest BCUT2D eigenvalue weighted by molar-refractivity contribution is 0.0792. The maximum absolute atomic E-state index is 12.3. The molecular formula is C16H22N2O. The van der Waals surface area contributed by atoms with Crippen LogP contribution in [0.15, 0.2) is 24.4 Å². The fourth-order valence-electron chi connectivity index (χ4n) is 2.11. The van der Waals surface area contributed by atoms with E-state index in [0.717, 1.165) is 37.2 Å². The van der Waals surface area contributed by atoms with Crippen LogP contribution in [-0.2, 0) is 0 Å². The third-order valence-electron chi connectivity index (χ3n) is 3.18. The molecule has 1 aliphatic heterocycles. The minimum absolute atomic E-state index is 0.122. The molecule has 0 saturated carbocycles. The molecule has 0 unspecified atom stereocenters. The van der Waals surface area contributed by atoms with Gasteiger partial charge in [-0.2, -0.15) is 0 Å². The fraction of sp³-hybridized carbons (Fsp3) is 0.500. The van der Waals surface area contributed by atoms with Gasteiger partial charge in [0.2, 0.25) is 0 Å². The summed E-state index contributed by atoms with van der Waals surface area (Å²) >= 11 is 0.